The van der Waals surface area contributed by atoms with Crippen LogP contribution >= 0.6 is 0 Å². The second kappa shape index (κ2) is 10.8. The van der Waals surface area contributed by atoms with E-state index in [1.807, 2.05) is 0 Å². The summed E-state index contributed by atoms with van der Waals surface area (Å²) >= 11 is 0. The van der Waals surface area contributed by atoms with Crippen molar-refractivity contribution >= 4 is 28.3 Å². The molecule has 2 aromatic rings. The number of hydrogen-bond acceptors (Lipinski definition) is 3. The zero-order valence-corrected chi connectivity index (χ0v) is 22.7. The third kappa shape index (κ3) is 6.25. The number of likely N-dealkylation sites (N-methyl/N-ethyl adjacent to an activating group) is 1. The fraction of sp³-hybridized carbons (Fsp3) is 0.533. The van der Waals surface area contributed by atoms with Crippen molar-refractivity contribution in [3.05, 3.63) is 53.7 Å². The van der Waals surface area contributed by atoms with Crippen molar-refractivity contribution in [2.75, 3.05) is 31.6 Å². The van der Waals surface area contributed by atoms with Crippen LogP contribution in [0.5, 0.6) is 0 Å². The Morgan fingerprint density at radius 2 is 1.77 bits per heavy atom. The Labute approximate surface area is 211 Å². The first-order valence-electron chi connectivity index (χ1n) is 12.9. The number of benzene rings is 2. The van der Waals surface area contributed by atoms with E-state index in [2.05, 4.69) is 94.2 Å². The van der Waals surface area contributed by atoms with Gasteiger partial charge in [-0.15, -0.1) is 0 Å². The first kappa shape index (κ1) is 26.8. The smallest absolute Gasteiger partial charge is 0.239 e. The maximum atomic E-state index is 12.5. The predicted octanol–water partition coefficient (Wildman–Crippen LogP) is 6.02. The minimum atomic E-state index is -0.0995. The molecule has 0 unspecified atom stereocenters. The second-order valence-corrected chi connectivity index (χ2v) is 11.5. The number of nitrogens with zero attached hydrogens (tertiary/aromatic N) is 2. The van der Waals surface area contributed by atoms with Crippen molar-refractivity contribution in [3.8, 4) is 0 Å². The van der Waals surface area contributed by atoms with Crippen molar-refractivity contribution in [2.45, 2.75) is 72.6 Å². The number of rotatable bonds is 9. The van der Waals surface area contributed by atoms with Crippen LogP contribution in [-0.2, 0) is 15.0 Å². The average molecular weight is 478 g/mol. The van der Waals surface area contributed by atoms with Gasteiger partial charge in [-0.25, -0.2) is 0 Å². The van der Waals surface area contributed by atoms with E-state index in [0.29, 0.717) is 13.0 Å². The third-order valence-electron chi connectivity index (χ3n) is 6.92. The molecule has 0 fully saturated rings. The number of carbonyl (C=O) groups is 2. The van der Waals surface area contributed by atoms with Crippen molar-refractivity contribution in [2.24, 2.45) is 5.41 Å². The van der Waals surface area contributed by atoms with Crippen LogP contribution in [0.2, 0.25) is 0 Å². The van der Waals surface area contributed by atoms with Gasteiger partial charge in [-0.05, 0) is 47.6 Å². The third-order valence-corrected chi connectivity index (χ3v) is 6.92. The highest BCUT2D eigenvalue weighted by Gasteiger charge is 2.40. The Bertz CT molecular complexity index is 1090. The highest BCUT2D eigenvalue weighted by Crippen LogP contribution is 2.50. The lowest BCUT2D eigenvalue weighted by Crippen LogP contribution is -2.41. The van der Waals surface area contributed by atoms with Crippen LogP contribution in [0, 0.1) is 5.41 Å². The van der Waals surface area contributed by atoms with E-state index < -0.39 is 0 Å². The SMILES string of the molecule is C/C=C1\N(CCCCCC(=O)N(C)CC(=O)NCC(C)(C)C)c2ccc3ccccc3c2C1(C)C. The highest BCUT2D eigenvalue weighted by atomic mass is 16.2. The zero-order chi connectivity index (χ0) is 25.8. The number of amides is 2. The highest BCUT2D eigenvalue weighted by molar-refractivity contribution is 5.94. The van der Waals surface area contributed by atoms with Crippen LogP contribution in [0.1, 0.15) is 72.8 Å². The number of unbranched alkanes of at least 4 members (excludes halogenated alkanes) is 2. The van der Waals surface area contributed by atoms with Gasteiger partial charge in [0.05, 0.1) is 6.54 Å². The standard InChI is InChI=1S/C30H43N3O2/c1-8-25-30(5,6)28-23-15-12-11-14-22(23)17-18-24(28)33(25)19-13-9-10-16-27(35)32(7)20-26(34)31-21-29(2,3)4/h8,11-12,14-15,17-18H,9-10,13,16,19-21H2,1-7H3,(H,31,34)/b25-8-. The molecule has 0 saturated carbocycles. The van der Waals surface area contributed by atoms with Crippen LogP contribution in [-0.4, -0.2) is 43.4 Å². The lowest BCUT2D eigenvalue weighted by Gasteiger charge is -2.27. The van der Waals surface area contributed by atoms with Crippen LogP contribution in [0.3, 0.4) is 0 Å². The van der Waals surface area contributed by atoms with E-state index in [0.717, 1.165) is 25.8 Å². The van der Waals surface area contributed by atoms with Gasteiger partial charge in [0.15, 0.2) is 0 Å². The van der Waals surface area contributed by atoms with Crippen LogP contribution in [0.4, 0.5) is 5.69 Å². The zero-order valence-electron chi connectivity index (χ0n) is 22.7. The molecular weight excluding hydrogens is 434 g/mol. The molecule has 1 aliphatic rings. The molecule has 1 N–H and O–H groups in total. The molecule has 0 aromatic heterocycles. The number of fused-ring (bicyclic) bond motifs is 3. The summed E-state index contributed by atoms with van der Waals surface area (Å²) in [6.07, 6.45) is 5.55. The van der Waals surface area contributed by atoms with E-state index in [4.69, 9.17) is 0 Å². The van der Waals surface area contributed by atoms with E-state index in [1.54, 1.807) is 11.9 Å². The molecule has 2 aromatic carbocycles. The summed E-state index contributed by atoms with van der Waals surface area (Å²) < 4.78 is 0. The first-order valence-corrected chi connectivity index (χ1v) is 12.9. The summed E-state index contributed by atoms with van der Waals surface area (Å²) in [7, 11) is 1.71. The predicted molar refractivity (Wildman–Crippen MR) is 147 cm³/mol. The van der Waals surface area contributed by atoms with Crippen LogP contribution in [0.25, 0.3) is 10.8 Å². The molecule has 0 bridgehead atoms. The van der Waals surface area contributed by atoms with Gasteiger partial charge in [0.1, 0.15) is 0 Å². The average Bonchev–Trinajstić information content (AvgIpc) is 3.02. The van der Waals surface area contributed by atoms with Gasteiger partial charge < -0.3 is 15.1 Å². The van der Waals surface area contributed by atoms with Gasteiger partial charge in [-0.1, -0.05) is 77.4 Å². The molecule has 5 nitrogen and oxygen atoms in total. The normalized spacial score (nSPS) is 16.0. The van der Waals surface area contributed by atoms with Crippen molar-refractivity contribution in [1.29, 1.82) is 0 Å². The largest absolute Gasteiger partial charge is 0.354 e. The van der Waals surface area contributed by atoms with Gasteiger partial charge in [0, 0.05) is 43.4 Å². The minimum Gasteiger partial charge on any atom is -0.354 e. The maximum Gasteiger partial charge on any atom is 0.239 e. The molecule has 1 aliphatic heterocycles. The van der Waals surface area contributed by atoms with E-state index in [9.17, 15) is 9.59 Å². The Morgan fingerprint density at radius 1 is 1.06 bits per heavy atom. The Balaban J connectivity index is 1.52. The fourth-order valence-electron chi connectivity index (χ4n) is 5.13. The number of carbonyl (C=O) groups excluding carboxylic acids is 2. The summed E-state index contributed by atoms with van der Waals surface area (Å²) in [4.78, 5) is 28.6. The molecule has 0 aliphatic carbocycles. The number of nitrogens with one attached hydrogen (secondary N) is 1. The summed E-state index contributed by atoms with van der Waals surface area (Å²) in [5, 5.41) is 5.52. The second-order valence-electron chi connectivity index (χ2n) is 11.5. The molecular formula is C30H43N3O2. The number of allylic oxidation sites excluding steroid dienone is 2. The number of anilines is 1. The molecule has 0 spiro atoms. The monoisotopic (exact) mass is 477 g/mol. The topological polar surface area (TPSA) is 52.7 Å². The quantitative estimate of drug-likeness (QED) is 0.449. The molecule has 5 heteroatoms. The van der Waals surface area contributed by atoms with Gasteiger partial charge >= 0.3 is 0 Å². The molecule has 190 valence electrons. The van der Waals surface area contributed by atoms with Gasteiger partial charge in [0.25, 0.3) is 0 Å². The minimum absolute atomic E-state index is 0.0310. The molecule has 0 saturated heterocycles. The lowest BCUT2D eigenvalue weighted by atomic mass is 9.81. The molecule has 0 atom stereocenters. The van der Waals surface area contributed by atoms with Crippen LogP contribution in [0.15, 0.2) is 48.2 Å². The maximum absolute atomic E-state index is 12.5. The molecule has 1 heterocycles. The van der Waals surface area contributed by atoms with Crippen molar-refractivity contribution in [3.63, 3.8) is 0 Å². The van der Waals surface area contributed by atoms with Crippen LogP contribution < -0.4 is 10.2 Å². The van der Waals surface area contributed by atoms with E-state index in [1.165, 1.54) is 27.7 Å². The fourth-order valence-corrected chi connectivity index (χ4v) is 5.13. The lowest BCUT2D eigenvalue weighted by molar-refractivity contribution is -0.134. The van der Waals surface area contributed by atoms with Gasteiger partial charge in [0.2, 0.25) is 11.8 Å². The molecule has 2 amide bonds. The summed E-state index contributed by atoms with van der Waals surface area (Å²) in [5.41, 5.74) is 4.05. The van der Waals surface area contributed by atoms with Crippen molar-refractivity contribution < 1.29 is 9.59 Å². The summed E-state index contributed by atoms with van der Waals surface area (Å²) in [6.45, 7) is 14.7. The Kier molecular flexibility index (Phi) is 8.30. The molecule has 3 rings (SSSR count). The van der Waals surface area contributed by atoms with E-state index in [-0.39, 0.29) is 29.2 Å². The molecule has 0 radical (unpaired) electrons. The summed E-state index contributed by atoms with van der Waals surface area (Å²) in [6, 6.07) is 13.1. The van der Waals surface area contributed by atoms with E-state index >= 15 is 0 Å². The molecule has 35 heavy (non-hydrogen) atoms. The first-order chi connectivity index (χ1) is 16.5. The van der Waals surface area contributed by atoms with Gasteiger partial charge in [-0.2, -0.15) is 0 Å². The van der Waals surface area contributed by atoms with Gasteiger partial charge in [-0.3, -0.25) is 9.59 Å². The number of hydrogen-bond donors (Lipinski definition) is 1. The van der Waals surface area contributed by atoms with Crippen molar-refractivity contribution in [1.82, 2.24) is 10.2 Å². The Hall–Kier alpha value is -2.82. The Morgan fingerprint density at radius 3 is 2.46 bits per heavy atom. The summed E-state index contributed by atoms with van der Waals surface area (Å²) in [5.74, 6) is -0.0679.